The van der Waals surface area contributed by atoms with Crippen LogP contribution in [0.5, 0.6) is 0 Å². The van der Waals surface area contributed by atoms with Gasteiger partial charge in [-0.3, -0.25) is 0 Å². The molecule has 2 aliphatic heterocycles. The van der Waals surface area contributed by atoms with Gasteiger partial charge in [0.15, 0.2) is 0 Å². The number of nitrogens with zero attached hydrogens (tertiary/aromatic N) is 3. The first-order valence-electron chi connectivity index (χ1n) is 23.0. The molecule has 0 amide bonds. The van der Waals surface area contributed by atoms with Crippen molar-refractivity contribution in [3.63, 3.8) is 0 Å². The Morgan fingerprint density at radius 3 is 1.58 bits per heavy atom. The lowest BCUT2D eigenvalue weighted by atomic mass is 9.33. The van der Waals surface area contributed by atoms with Crippen LogP contribution in [-0.4, -0.2) is 6.71 Å². The van der Waals surface area contributed by atoms with Crippen molar-refractivity contribution in [1.29, 1.82) is 0 Å². The summed E-state index contributed by atoms with van der Waals surface area (Å²) in [5.74, 6) is 0. The van der Waals surface area contributed by atoms with Gasteiger partial charge in [-0.05, 0) is 152 Å². The third-order valence-corrected chi connectivity index (χ3v) is 14.2. The van der Waals surface area contributed by atoms with Crippen molar-refractivity contribution < 1.29 is 0 Å². The van der Waals surface area contributed by atoms with E-state index < -0.39 is 0 Å². The molecule has 0 radical (unpaired) electrons. The molecule has 3 aliphatic rings. The molecule has 64 heavy (non-hydrogen) atoms. The Kier molecular flexibility index (Phi) is 8.99. The Morgan fingerprint density at radius 1 is 0.438 bits per heavy atom. The smallest absolute Gasteiger partial charge is 0.252 e. The Bertz CT molecular complexity index is 3080. The highest BCUT2D eigenvalue weighted by atomic mass is 15.2. The van der Waals surface area contributed by atoms with E-state index in [1.807, 2.05) is 0 Å². The number of aryl methyl sites for hydroxylation is 1. The number of hydrogen-bond acceptors (Lipinski definition) is 3. The zero-order valence-corrected chi connectivity index (χ0v) is 38.7. The second kappa shape index (κ2) is 14.4. The monoisotopic (exact) mass is 829 g/mol. The van der Waals surface area contributed by atoms with Crippen molar-refractivity contribution in [3.8, 4) is 11.1 Å². The molecule has 8 aromatic carbocycles. The number of benzene rings is 8. The fraction of sp³-hybridized carbons (Fsp3) is 0.200. The molecule has 0 saturated carbocycles. The first-order valence-corrected chi connectivity index (χ1v) is 23.0. The molecule has 0 saturated heterocycles. The summed E-state index contributed by atoms with van der Waals surface area (Å²) in [5, 5.41) is 0. The second-order valence-electron chi connectivity index (χ2n) is 20.8. The Morgan fingerprint density at radius 2 is 0.953 bits per heavy atom. The molecule has 0 N–H and O–H groups in total. The summed E-state index contributed by atoms with van der Waals surface area (Å²) in [7, 11) is 0. The van der Waals surface area contributed by atoms with E-state index in [1.165, 1.54) is 89.5 Å². The van der Waals surface area contributed by atoms with Crippen LogP contribution >= 0.6 is 0 Å². The largest absolute Gasteiger partial charge is 0.311 e. The van der Waals surface area contributed by atoms with Crippen LogP contribution in [0.2, 0.25) is 0 Å². The zero-order valence-electron chi connectivity index (χ0n) is 38.7. The Hall–Kier alpha value is -6.78. The SMILES string of the molecule is Cc1cc2c3c(c1)N(c1ccc(C(C)(C)C)cc1)c1cc(C(C)(C)C)ccc1B3c1ccc(N(c3ccccc3)c3ccccc3)cc1N2c1ccc2c(c1)C(C)(C)c1ccccc1-2. The van der Waals surface area contributed by atoms with Gasteiger partial charge in [0, 0.05) is 56.6 Å². The first-order chi connectivity index (χ1) is 30.7. The number of fused-ring (bicyclic) bond motifs is 7. The van der Waals surface area contributed by atoms with Crippen molar-refractivity contribution in [2.24, 2.45) is 0 Å². The number of hydrogen-bond donors (Lipinski definition) is 0. The van der Waals surface area contributed by atoms with E-state index in [9.17, 15) is 0 Å². The van der Waals surface area contributed by atoms with E-state index in [0.717, 1.165) is 17.1 Å². The number of anilines is 9. The summed E-state index contributed by atoms with van der Waals surface area (Å²) in [6.45, 7) is 20.9. The lowest BCUT2D eigenvalue weighted by Crippen LogP contribution is -2.61. The lowest BCUT2D eigenvalue weighted by Gasteiger charge is -2.45. The molecule has 8 aromatic rings. The van der Waals surface area contributed by atoms with E-state index >= 15 is 0 Å². The minimum absolute atomic E-state index is 0.0111. The van der Waals surface area contributed by atoms with E-state index in [-0.39, 0.29) is 23.0 Å². The van der Waals surface area contributed by atoms with Gasteiger partial charge in [0.25, 0.3) is 6.71 Å². The normalized spacial score (nSPS) is 14.4. The van der Waals surface area contributed by atoms with E-state index in [2.05, 4.69) is 253 Å². The van der Waals surface area contributed by atoms with Crippen LogP contribution in [0.25, 0.3) is 11.1 Å². The van der Waals surface area contributed by atoms with Crippen molar-refractivity contribution in [1.82, 2.24) is 0 Å². The van der Waals surface area contributed by atoms with Crippen LogP contribution in [0, 0.1) is 6.92 Å². The molecular weight excluding hydrogens is 773 g/mol. The molecule has 0 unspecified atom stereocenters. The lowest BCUT2D eigenvalue weighted by molar-refractivity contribution is 0.590. The third kappa shape index (κ3) is 6.25. The van der Waals surface area contributed by atoms with Gasteiger partial charge >= 0.3 is 0 Å². The molecule has 4 heteroatoms. The predicted molar refractivity (Wildman–Crippen MR) is 275 cm³/mol. The quantitative estimate of drug-likeness (QED) is 0.160. The van der Waals surface area contributed by atoms with Gasteiger partial charge in [0.2, 0.25) is 0 Å². The topological polar surface area (TPSA) is 9.72 Å². The number of para-hydroxylation sites is 2. The maximum absolute atomic E-state index is 2.59. The van der Waals surface area contributed by atoms with Crippen molar-refractivity contribution in [2.75, 3.05) is 14.7 Å². The summed E-state index contributed by atoms with van der Waals surface area (Å²) >= 11 is 0. The van der Waals surface area contributed by atoms with Gasteiger partial charge in [-0.25, -0.2) is 0 Å². The first kappa shape index (κ1) is 40.0. The fourth-order valence-corrected chi connectivity index (χ4v) is 10.8. The molecule has 1 aliphatic carbocycles. The van der Waals surface area contributed by atoms with E-state index in [4.69, 9.17) is 0 Å². The highest BCUT2D eigenvalue weighted by Gasteiger charge is 2.45. The molecule has 0 fully saturated rings. The minimum Gasteiger partial charge on any atom is -0.311 e. The highest BCUT2D eigenvalue weighted by molar-refractivity contribution is 7.00. The standard InChI is InChI=1S/C60H56BN3/c1-39-34-55-57-56(35-39)64(45-29-31-48-47-22-16-17-23-49(47)60(8,9)50(48)37-45)54-38-46(62(42-18-12-10-13-19-42)43-20-14-11-15-21-43)30-33-52(54)61(57)51-32-26-41(59(5,6)7)36-53(51)63(55)44-27-24-40(25-28-44)58(2,3)4/h10-38H,1-9H3. The van der Waals surface area contributed by atoms with Crippen molar-refractivity contribution >= 4 is 74.3 Å². The highest BCUT2D eigenvalue weighted by Crippen LogP contribution is 2.52. The molecule has 0 aromatic heterocycles. The third-order valence-electron chi connectivity index (χ3n) is 14.2. The van der Waals surface area contributed by atoms with Crippen LogP contribution in [0.4, 0.5) is 51.2 Å². The summed E-state index contributed by atoms with van der Waals surface area (Å²) in [4.78, 5) is 7.54. The second-order valence-corrected chi connectivity index (χ2v) is 20.8. The van der Waals surface area contributed by atoms with Gasteiger partial charge in [-0.15, -0.1) is 0 Å². The van der Waals surface area contributed by atoms with Crippen LogP contribution in [0.3, 0.4) is 0 Å². The van der Waals surface area contributed by atoms with Crippen LogP contribution in [0.1, 0.15) is 83.2 Å². The van der Waals surface area contributed by atoms with Crippen LogP contribution in [-0.2, 0) is 16.2 Å². The van der Waals surface area contributed by atoms with Gasteiger partial charge in [-0.2, -0.15) is 0 Å². The van der Waals surface area contributed by atoms with Gasteiger partial charge in [0.1, 0.15) is 0 Å². The predicted octanol–water partition coefficient (Wildman–Crippen LogP) is 14.4. The molecular formula is C60H56BN3. The zero-order chi connectivity index (χ0) is 44.3. The Balaban J connectivity index is 1.20. The van der Waals surface area contributed by atoms with Crippen LogP contribution < -0.4 is 31.1 Å². The molecule has 2 heterocycles. The van der Waals surface area contributed by atoms with Gasteiger partial charge in [-0.1, -0.05) is 152 Å². The molecule has 0 spiro atoms. The summed E-state index contributed by atoms with van der Waals surface area (Å²) in [5.41, 5.74) is 23.8. The maximum Gasteiger partial charge on any atom is 0.252 e. The van der Waals surface area contributed by atoms with Gasteiger partial charge < -0.3 is 14.7 Å². The summed E-state index contributed by atoms with van der Waals surface area (Å²) < 4.78 is 0. The maximum atomic E-state index is 2.59. The van der Waals surface area contributed by atoms with Crippen molar-refractivity contribution in [3.05, 3.63) is 204 Å². The molecule has 11 rings (SSSR count). The average Bonchev–Trinajstić information content (AvgIpc) is 3.51. The van der Waals surface area contributed by atoms with E-state index in [0.29, 0.717) is 0 Å². The summed E-state index contributed by atoms with van der Waals surface area (Å²) in [6, 6.07) is 66.5. The van der Waals surface area contributed by atoms with Crippen molar-refractivity contribution in [2.45, 2.75) is 78.6 Å². The molecule has 0 atom stereocenters. The molecule has 0 bridgehead atoms. The average molecular weight is 830 g/mol. The minimum atomic E-state index is -0.145. The number of rotatable bonds is 5. The Labute approximate surface area is 380 Å². The molecule has 314 valence electrons. The summed E-state index contributed by atoms with van der Waals surface area (Å²) in [6.07, 6.45) is 0. The fourth-order valence-electron chi connectivity index (χ4n) is 10.8. The van der Waals surface area contributed by atoms with E-state index in [1.54, 1.807) is 0 Å². The van der Waals surface area contributed by atoms with Crippen LogP contribution in [0.15, 0.2) is 176 Å². The molecule has 3 nitrogen and oxygen atoms in total. The van der Waals surface area contributed by atoms with Gasteiger partial charge in [0.05, 0.1) is 0 Å².